The quantitative estimate of drug-likeness (QED) is 0.605. The van der Waals surface area contributed by atoms with E-state index in [0.717, 1.165) is 0 Å². The van der Waals surface area contributed by atoms with E-state index in [-0.39, 0.29) is 5.56 Å². The van der Waals surface area contributed by atoms with Crippen molar-refractivity contribution in [2.45, 2.75) is 5.16 Å². The van der Waals surface area contributed by atoms with Gasteiger partial charge in [-0.05, 0) is 6.26 Å². The SMILES string of the molecule is CSc1nnc2[nH]c(=O)cnn12. The number of thioether (sulfide) groups is 1. The van der Waals surface area contributed by atoms with Gasteiger partial charge in [0.15, 0.2) is 0 Å². The van der Waals surface area contributed by atoms with E-state index < -0.39 is 0 Å². The normalized spacial score (nSPS) is 10.8. The van der Waals surface area contributed by atoms with Crippen molar-refractivity contribution in [1.29, 1.82) is 0 Å². The van der Waals surface area contributed by atoms with Crippen LogP contribution >= 0.6 is 11.8 Å². The lowest BCUT2D eigenvalue weighted by Gasteiger charge is -1.90. The fourth-order valence-electron chi connectivity index (χ4n) is 0.827. The molecule has 0 atom stereocenters. The fraction of sp³-hybridized carbons (Fsp3) is 0.200. The van der Waals surface area contributed by atoms with Gasteiger partial charge in [0.25, 0.3) is 11.3 Å². The third-order valence-corrected chi connectivity index (χ3v) is 1.94. The summed E-state index contributed by atoms with van der Waals surface area (Å²) < 4.78 is 1.48. The van der Waals surface area contributed by atoms with Gasteiger partial charge in [0, 0.05) is 0 Å². The fourth-order valence-corrected chi connectivity index (χ4v) is 1.26. The summed E-state index contributed by atoms with van der Waals surface area (Å²) >= 11 is 1.42. The summed E-state index contributed by atoms with van der Waals surface area (Å²) in [6, 6.07) is 0. The topological polar surface area (TPSA) is 75.9 Å². The molecular formula is C5H5N5OS. The Hall–Kier alpha value is -1.37. The first-order valence-corrected chi connectivity index (χ1v) is 4.38. The van der Waals surface area contributed by atoms with Crippen molar-refractivity contribution in [2.75, 3.05) is 6.26 Å². The average molecular weight is 183 g/mol. The molecule has 0 unspecified atom stereocenters. The maximum atomic E-state index is 10.8. The smallest absolute Gasteiger partial charge is 0.271 e. The number of fused-ring (bicyclic) bond motifs is 1. The average Bonchev–Trinajstić information content (AvgIpc) is 2.46. The molecule has 12 heavy (non-hydrogen) atoms. The number of aromatic amines is 1. The van der Waals surface area contributed by atoms with E-state index >= 15 is 0 Å². The Bertz CT molecular complexity index is 460. The Morgan fingerprint density at radius 1 is 1.58 bits per heavy atom. The molecule has 0 bridgehead atoms. The molecule has 1 N–H and O–H groups in total. The number of nitrogens with one attached hydrogen (secondary N) is 1. The van der Waals surface area contributed by atoms with E-state index in [1.807, 2.05) is 6.26 Å². The number of hydrogen-bond acceptors (Lipinski definition) is 5. The van der Waals surface area contributed by atoms with Crippen molar-refractivity contribution in [3.63, 3.8) is 0 Å². The summed E-state index contributed by atoms with van der Waals surface area (Å²) in [5, 5.41) is 12.0. The maximum absolute atomic E-state index is 10.8. The molecular weight excluding hydrogens is 178 g/mol. The van der Waals surface area contributed by atoms with E-state index in [0.29, 0.717) is 10.9 Å². The zero-order chi connectivity index (χ0) is 8.55. The van der Waals surface area contributed by atoms with Crippen molar-refractivity contribution in [1.82, 2.24) is 24.8 Å². The molecule has 0 radical (unpaired) electrons. The van der Waals surface area contributed by atoms with E-state index in [1.54, 1.807) is 0 Å². The van der Waals surface area contributed by atoms with Crippen LogP contribution in [0.3, 0.4) is 0 Å². The third-order valence-electron chi connectivity index (χ3n) is 1.32. The van der Waals surface area contributed by atoms with Gasteiger partial charge in [0.2, 0.25) is 5.16 Å². The largest absolute Gasteiger partial charge is 0.288 e. The van der Waals surface area contributed by atoms with Crippen LogP contribution in [0.4, 0.5) is 0 Å². The molecule has 6 nitrogen and oxygen atoms in total. The van der Waals surface area contributed by atoms with Gasteiger partial charge in [-0.3, -0.25) is 9.78 Å². The molecule has 0 amide bonds. The van der Waals surface area contributed by atoms with E-state index in [4.69, 9.17) is 0 Å². The number of rotatable bonds is 1. The first-order chi connectivity index (χ1) is 5.81. The minimum absolute atomic E-state index is 0.275. The third kappa shape index (κ3) is 0.981. The van der Waals surface area contributed by atoms with Gasteiger partial charge < -0.3 is 0 Å². The van der Waals surface area contributed by atoms with Gasteiger partial charge in [0.05, 0.1) is 0 Å². The highest BCUT2D eigenvalue weighted by Gasteiger charge is 2.03. The van der Waals surface area contributed by atoms with Crippen molar-refractivity contribution in [2.24, 2.45) is 0 Å². The zero-order valence-corrected chi connectivity index (χ0v) is 7.00. The van der Waals surface area contributed by atoms with E-state index in [1.165, 1.54) is 22.5 Å². The lowest BCUT2D eigenvalue weighted by Crippen LogP contribution is -2.09. The Balaban J connectivity index is 2.81. The molecule has 0 spiro atoms. The van der Waals surface area contributed by atoms with E-state index in [9.17, 15) is 4.79 Å². The second-order valence-electron chi connectivity index (χ2n) is 2.06. The number of H-pyrrole nitrogens is 1. The highest BCUT2D eigenvalue weighted by molar-refractivity contribution is 7.98. The number of aromatic nitrogens is 5. The van der Waals surface area contributed by atoms with Gasteiger partial charge in [-0.25, -0.2) is 0 Å². The van der Waals surface area contributed by atoms with Crippen LogP contribution in [0.1, 0.15) is 0 Å². The molecule has 2 rings (SSSR count). The van der Waals surface area contributed by atoms with Crippen molar-refractivity contribution >= 4 is 17.5 Å². The van der Waals surface area contributed by atoms with Crippen molar-refractivity contribution in [3.8, 4) is 0 Å². The lowest BCUT2D eigenvalue weighted by molar-refractivity contribution is 0.792. The first kappa shape index (κ1) is 7.29. The Kier molecular flexibility index (Phi) is 1.58. The Morgan fingerprint density at radius 3 is 3.17 bits per heavy atom. The summed E-state index contributed by atoms with van der Waals surface area (Å²) in [5.74, 6) is 0.367. The van der Waals surface area contributed by atoms with Gasteiger partial charge >= 0.3 is 0 Å². The van der Waals surface area contributed by atoms with Crippen LogP contribution in [0, 0.1) is 0 Å². The van der Waals surface area contributed by atoms with Crippen LogP contribution in [0.25, 0.3) is 5.78 Å². The standard InChI is InChI=1S/C5H5N5OS/c1-12-5-9-8-4-7-3(11)2-6-10(4)5/h2H,1H3,(H,7,8,11). The summed E-state index contributed by atoms with van der Waals surface area (Å²) in [7, 11) is 0. The highest BCUT2D eigenvalue weighted by Crippen LogP contribution is 2.08. The molecule has 0 saturated heterocycles. The van der Waals surface area contributed by atoms with Gasteiger partial charge in [0.1, 0.15) is 6.20 Å². The van der Waals surface area contributed by atoms with Crippen molar-refractivity contribution in [3.05, 3.63) is 16.6 Å². The van der Waals surface area contributed by atoms with Crippen LogP contribution < -0.4 is 5.56 Å². The van der Waals surface area contributed by atoms with Crippen LogP contribution in [-0.2, 0) is 0 Å². The summed E-state index contributed by atoms with van der Waals surface area (Å²) in [6.45, 7) is 0. The predicted molar refractivity (Wildman–Crippen MR) is 43.2 cm³/mol. The summed E-state index contributed by atoms with van der Waals surface area (Å²) in [5.41, 5.74) is -0.275. The molecule has 0 aliphatic rings. The van der Waals surface area contributed by atoms with Crippen LogP contribution in [-0.4, -0.2) is 31.1 Å². The molecule has 0 aliphatic carbocycles. The molecule has 0 fully saturated rings. The zero-order valence-electron chi connectivity index (χ0n) is 6.18. The molecule has 62 valence electrons. The van der Waals surface area contributed by atoms with Gasteiger partial charge in [-0.15, -0.1) is 10.2 Å². The second kappa shape index (κ2) is 2.59. The van der Waals surface area contributed by atoms with Gasteiger partial charge in [-0.2, -0.15) is 9.61 Å². The van der Waals surface area contributed by atoms with E-state index in [2.05, 4.69) is 20.3 Å². The van der Waals surface area contributed by atoms with Crippen molar-refractivity contribution < 1.29 is 0 Å². The molecule has 0 aliphatic heterocycles. The van der Waals surface area contributed by atoms with Crippen LogP contribution in [0.5, 0.6) is 0 Å². The molecule has 2 aromatic rings. The second-order valence-corrected chi connectivity index (χ2v) is 2.83. The maximum Gasteiger partial charge on any atom is 0.271 e. The predicted octanol–water partition coefficient (Wildman–Crippen LogP) is -0.466. The molecule has 0 saturated carbocycles. The molecule has 2 aromatic heterocycles. The first-order valence-electron chi connectivity index (χ1n) is 3.16. The molecule has 2 heterocycles. The highest BCUT2D eigenvalue weighted by atomic mass is 32.2. The number of hydrogen-bond donors (Lipinski definition) is 1. The molecule has 7 heteroatoms. The van der Waals surface area contributed by atoms with Crippen LogP contribution in [0.2, 0.25) is 0 Å². The number of nitrogens with zero attached hydrogens (tertiary/aromatic N) is 4. The minimum atomic E-state index is -0.275. The minimum Gasteiger partial charge on any atom is -0.288 e. The van der Waals surface area contributed by atoms with Gasteiger partial charge in [-0.1, -0.05) is 11.8 Å². The monoisotopic (exact) mass is 183 g/mol. The van der Waals surface area contributed by atoms with Crippen LogP contribution in [0.15, 0.2) is 16.1 Å². The molecule has 0 aromatic carbocycles. The lowest BCUT2D eigenvalue weighted by atomic mass is 10.8. The summed E-state index contributed by atoms with van der Waals surface area (Å²) in [6.07, 6.45) is 3.05. The Labute approximate surface area is 71.0 Å². The summed E-state index contributed by atoms with van der Waals surface area (Å²) in [4.78, 5) is 13.3. The Morgan fingerprint density at radius 2 is 2.42 bits per heavy atom.